The van der Waals surface area contributed by atoms with E-state index in [9.17, 15) is 26.3 Å². The summed E-state index contributed by atoms with van der Waals surface area (Å²) in [6, 6.07) is 0.666. The quantitative estimate of drug-likeness (QED) is 0.359. The molecule has 1 N–H and O–H groups in total. The Morgan fingerprint density at radius 2 is 1.33 bits per heavy atom. The zero-order valence-corrected chi connectivity index (χ0v) is 9.03. The van der Waals surface area contributed by atoms with Crippen LogP contribution in [-0.2, 0) is 12.4 Å². The van der Waals surface area contributed by atoms with E-state index in [2.05, 4.69) is 5.16 Å². The first-order valence-electron chi connectivity index (χ1n) is 4.23. The molecule has 0 aliphatic rings. The Hall–Kier alpha value is -1.44. The molecule has 0 aliphatic carbocycles. The lowest BCUT2D eigenvalue weighted by atomic mass is 10.1. The highest BCUT2D eigenvalue weighted by Crippen LogP contribution is 2.36. The van der Waals surface area contributed by atoms with Crippen LogP contribution < -0.4 is 0 Å². The van der Waals surface area contributed by atoms with E-state index in [0.29, 0.717) is 12.1 Å². The van der Waals surface area contributed by atoms with Crippen molar-refractivity contribution in [2.75, 3.05) is 0 Å². The Morgan fingerprint density at radius 1 is 0.944 bits per heavy atom. The number of rotatable bonds is 1. The van der Waals surface area contributed by atoms with Crippen molar-refractivity contribution in [2.45, 2.75) is 12.4 Å². The molecule has 1 aromatic rings. The molecular formula is C9H4ClF6NO. The predicted molar refractivity (Wildman–Crippen MR) is 50.6 cm³/mol. The Bertz CT molecular complexity index is 447. The molecule has 18 heavy (non-hydrogen) atoms. The van der Waals surface area contributed by atoms with Crippen LogP contribution in [0, 0.1) is 0 Å². The summed E-state index contributed by atoms with van der Waals surface area (Å²) in [5, 5.41) is 9.75. The van der Waals surface area contributed by atoms with Crippen molar-refractivity contribution >= 4 is 16.8 Å². The van der Waals surface area contributed by atoms with Gasteiger partial charge in [0.05, 0.1) is 11.1 Å². The topological polar surface area (TPSA) is 32.6 Å². The van der Waals surface area contributed by atoms with Gasteiger partial charge < -0.3 is 5.21 Å². The fourth-order valence-electron chi connectivity index (χ4n) is 1.13. The molecule has 9 heteroatoms. The molecule has 0 unspecified atom stereocenters. The highest BCUT2D eigenvalue weighted by molar-refractivity contribution is 6.69. The monoisotopic (exact) mass is 291 g/mol. The van der Waals surface area contributed by atoms with E-state index < -0.39 is 34.2 Å². The Labute approximate surface area is 101 Å². The third-order valence-corrected chi connectivity index (χ3v) is 2.21. The first-order chi connectivity index (χ1) is 8.05. The van der Waals surface area contributed by atoms with Gasteiger partial charge in [-0.15, -0.1) is 0 Å². The van der Waals surface area contributed by atoms with E-state index in [4.69, 9.17) is 16.8 Å². The molecule has 0 saturated carbocycles. The normalized spacial score (nSPS) is 13.8. The first kappa shape index (κ1) is 14.6. The third-order valence-electron chi connectivity index (χ3n) is 1.91. The summed E-state index contributed by atoms with van der Waals surface area (Å²) >= 11 is 5.20. The number of benzene rings is 1. The van der Waals surface area contributed by atoms with Gasteiger partial charge in [-0.25, -0.2) is 0 Å². The molecule has 0 atom stereocenters. The maximum atomic E-state index is 12.4. The van der Waals surface area contributed by atoms with Crippen LogP contribution in [0.25, 0.3) is 0 Å². The zero-order chi connectivity index (χ0) is 14.1. The predicted octanol–water partition coefficient (Wildman–Crippen LogP) is 4.10. The second-order valence-corrected chi connectivity index (χ2v) is 3.54. The van der Waals surface area contributed by atoms with Crippen molar-refractivity contribution in [2.24, 2.45) is 5.16 Å². The second kappa shape index (κ2) is 4.68. The molecule has 0 bridgehead atoms. The van der Waals surface area contributed by atoms with Crippen molar-refractivity contribution < 1.29 is 31.5 Å². The van der Waals surface area contributed by atoms with Crippen LogP contribution in [-0.4, -0.2) is 10.4 Å². The first-order valence-corrected chi connectivity index (χ1v) is 4.61. The van der Waals surface area contributed by atoms with Gasteiger partial charge in [-0.1, -0.05) is 16.8 Å². The number of hydrogen-bond donors (Lipinski definition) is 1. The van der Waals surface area contributed by atoms with Gasteiger partial charge in [0.1, 0.15) is 0 Å². The zero-order valence-electron chi connectivity index (χ0n) is 8.27. The maximum absolute atomic E-state index is 12.4. The van der Waals surface area contributed by atoms with E-state index in [0.717, 1.165) is 0 Å². The summed E-state index contributed by atoms with van der Waals surface area (Å²) < 4.78 is 74.3. The van der Waals surface area contributed by atoms with Crippen LogP contribution in [0.15, 0.2) is 23.4 Å². The van der Waals surface area contributed by atoms with E-state index in [1.54, 1.807) is 0 Å². The number of hydrogen-bond acceptors (Lipinski definition) is 2. The van der Waals surface area contributed by atoms with Gasteiger partial charge >= 0.3 is 12.4 Å². The molecule has 1 aromatic carbocycles. The van der Waals surface area contributed by atoms with Gasteiger partial charge in [-0.05, 0) is 18.2 Å². The highest BCUT2D eigenvalue weighted by atomic mass is 35.5. The van der Waals surface area contributed by atoms with Crippen molar-refractivity contribution in [1.29, 1.82) is 0 Å². The van der Waals surface area contributed by atoms with Crippen molar-refractivity contribution in [1.82, 2.24) is 0 Å². The summed E-state index contributed by atoms with van der Waals surface area (Å²) in [5.41, 5.74) is -3.75. The van der Waals surface area contributed by atoms with E-state index >= 15 is 0 Å². The van der Waals surface area contributed by atoms with Gasteiger partial charge in [0.15, 0.2) is 5.17 Å². The standard InChI is InChI=1S/C9H4ClF6NO/c10-7(17-18)4-1-5(8(11,12)13)3-6(2-4)9(14,15)16/h1-3,18H/b17-7-. The molecule has 0 aromatic heterocycles. The molecular weight excluding hydrogens is 288 g/mol. The molecule has 0 saturated heterocycles. The minimum atomic E-state index is -4.97. The fraction of sp³-hybridized carbons (Fsp3) is 0.222. The van der Waals surface area contributed by atoms with Gasteiger partial charge in [-0.3, -0.25) is 0 Å². The van der Waals surface area contributed by atoms with Crippen LogP contribution >= 0.6 is 11.6 Å². The van der Waals surface area contributed by atoms with E-state index in [1.165, 1.54) is 0 Å². The lowest BCUT2D eigenvalue weighted by Gasteiger charge is -2.13. The van der Waals surface area contributed by atoms with Crippen molar-refractivity contribution in [3.63, 3.8) is 0 Å². The van der Waals surface area contributed by atoms with Gasteiger partial charge in [0.2, 0.25) is 0 Å². The summed E-state index contributed by atoms with van der Waals surface area (Å²) in [4.78, 5) is 0. The summed E-state index contributed by atoms with van der Waals surface area (Å²) in [6.45, 7) is 0. The fourth-order valence-corrected chi connectivity index (χ4v) is 1.24. The SMILES string of the molecule is O/N=C(\Cl)c1cc(C(F)(F)F)cc(C(F)(F)F)c1. The minimum absolute atomic E-state index is 0.0506. The number of oxime groups is 1. The lowest BCUT2D eigenvalue weighted by molar-refractivity contribution is -0.143. The van der Waals surface area contributed by atoms with E-state index in [-0.39, 0.29) is 6.07 Å². The summed E-state index contributed by atoms with van der Waals surface area (Å²) in [6.07, 6.45) is -9.94. The average Bonchev–Trinajstić information content (AvgIpc) is 2.25. The van der Waals surface area contributed by atoms with Crippen molar-refractivity contribution in [3.05, 3.63) is 34.9 Å². The Balaban J connectivity index is 3.49. The average molecular weight is 292 g/mol. The minimum Gasteiger partial charge on any atom is -0.410 e. The summed E-state index contributed by atoms with van der Waals surface area (Å²) in [7, 11) is 0. The van der Waals surface area contributed by atoms with Gasteiger partial charge in [0.25, 0.3) is 0 Å². The second-order valence-electron chi connectivity index (χ2n) is 3.19. The molecule has 0 heterocycles. The number of nitrogens with zero attached hydrogens (tertiary/aromatic N) is 1. The lowest BCUT2D eigenvalue weighted by Crippen LogP contribution is -2.12. The third kappa shape index (κ3) is 3.28. The van der Waals surface area contributed by atoms with Crippen LogP contribution in [0.1, 0.15) is 16.7 Å². The highest BCUT2D eigenvalue weighted by Gasteiger charge is 2.37. The van der Waals surface area contributed by atoms with Crippen LogP contribution in [0.4, 0.5) is 26.3 Å². The van der Waals surface area contributed by atoms with Gasteiger partial charge in [0, 0.05) is 5.56 Å². The molecule has 1 rings (SSSR count). The molecule has 0 fully saturated rings. The van der Waals surface area contributed by atoms with Crippen LogP contribution in [0.2, 0.25) is 0 Å². The van der Waals surface area contributed by atoms with Gasteiger partial charge in [-0.2, -0.15) is 26.3 Å². The van der Waals surface area contributed by atoms with Crippen LogP contribution in [0.5, 0.6) is 0 Å². The molecule has 0 radical (unpaired) electrons. The largest absolute Gasteiger partial charge is 0.416 e. The maximum Gasteiger partial charge on any atom is 0.416 e. The summed E-state index contributed by atoms with van der Waals surface area (Å²) in [5.74, 6) is 0. The Kier molecular flexibility index (Phi) is 3.80. The smallest absolute Gasteiger partial charge is 0.410 e. The molecule has 0 aliphatic heterocycles. The molecule has 0 spiro atoms. The molecule has 0 amide bonds. The Morgan fingerprint density at radius 3 is 1.61 bits per heavy atom. The number of alkyl halides is 6. The van der Waals surface area contributed by atoms with Crippen LogP contribution in [0.3, 0.4) is 0 Å². The van der Waals surface area contributed by atoms with Crippen molar-refractivity contribution in [3.8, 4) is 0 Å². The number of halogens is 7. The van der Waals surface area contributed by atoms with E-state index in [1.807, 2.05) is 0 Å². The molecule has 100 valence electrons. The molecule has 2 nitrogen and oxygen atoms in total.